The molecule has 2 atom stereocenters. The van der Waals surface area contributed by atoms with Crippen molar-refractivity contribution in [3.63, 3.8) is 0 Å². The second-order valence-corrected chi connectivity index (χ2v) is 7.02. The first-order valence-electron chi connectivity index (χ1n) is 7.94. The van der Waals surface area contributed by atoms with Crippen LogP contribution in [0.3, 0.4) is 0 Å². The van der Waals surface area contributed by atoms with Crippen LogP contribution in [-0.2, 0) is 9.53 Å². The fourth-order valence-corrected chi connectivity index (χ4v) is 2.82. The second kappa shape index (κ2) is 8.63. The van der Waals surface area contributed by atoms with Gasteiger partial charge in [0.05, 0.1) is 0 Å². The Hall–Kier alpha value is -0.610. The number of carbonyl (C=O) groups excluding carboxylic acids is 1. The monoisotopic (exact) mass is 284 g/mol. The summed E-state index contributed by atoms with van der Waals surface area (Å²) < 4.78 is 5.10. The quantitative estimate of drug-likeness (QED) is 0.719. The van der Waals surface area contributed by atoms with Gasteiger partial charge in [0.1, 0.15) is 0 Å². The summed E-state index contributed by atoms with van der Waals surface area (Å²) in [5.41, 5.74) is 6.08. The molecule has 1 fully saturated rings. The molecule has 0 spiro atoms. The van der Waals surface area contributed by atoms with Crippen molar-refractivity contribution < 1.29 is 9.53 Å². The number of ether oxygens (including phenoxy) is 1. The molecule has 1 aliphatic rings. The molecule has 1 saturated carbocycles. The molecule has 1 amide bonds. The lowest BCUT2D eigenvalue weighted by Crippen LogP contribution is -2.35. The van der Waals surface area contributed by atoms with Crippen LogP contribution >= 0.6 is 0 Å². The maximum atomic E-state index is 11.9. The Kier molecular flexibility index (Phi) is 7.52. The molecule has 0 aliphatic heterocycles. The largest absolute Gasteiger partial charge is 0.385 e. The molecule has 1 aliphatic carbocycles. The van der Waals surface area contributed by atoms with Gasteiger partial charge in [-0.2, -0.15) is 0 Å². The number of rotatable bonds is 8. The van der Waals surface area contributed by atoms with E-state index in [9.17, 15) is 4.79 Å². The Morgan fingerprint density at radius 3 is 2.80 bits per heavy atom. The van der Waals surface area contributed by atoms with Crippen LogP contribution in [0, 0.1) is 11.3 Å². The number of hydrogen-bond acceptors (Lipinski definition) is 3. The lowest BCUT2D eigenvalue weighted by Gasteiger charge is -2.27. The SMILES string of the molecule is COCCC(C)(C)CNC(=O)CCC1CCCC(N)C1. The Morgan fingerprint density at radius 2 is 2.15 bits per heavy atom. The molecule has 4 nitrogen and oxygen atoms in total. The summed E-state index contributed by atoms with van der Waals surface area (Å²) in [6, 6.07) is 0.352. The molecule has 0 saturated heterocycles. The van der Waals surface area contributed by atoms with Gasteiger partial charge >= 0.3 is 0 Å². The fourth-order valence-electron chi connectivity index (χ4n) is 2.82. The van der Waals surface area contributed by atoms with E-state index in [1.54, 1.807) is 7.11 Å². The average Bonchev–Trinajstić information content (AvgIpc) is 2.41. The molecule has 0 heterocycles. The van der Waals surface area contributed by atoms with E-state index < -0.39 is 0 Å². The van der Waals surface area contributed by atoms with E-state index in [1.165, 1.54) is 12.8 Å². The molecule has 0 bridgehead atoms. The summed E-state index contributed by atoms with van der Waals surface area (Å²) >= 11 is 0. The van der Waals surface area contributed by atoms with Crippen LogP contribution in [0.4, 0.5) is 0 Å². The highest BCUT2D eigenvalue weighted by molar-refractivity contribution is 5.75. The highest BCUT2D eigenvalue weighted by atomic mass is 16.5. The summed E-state index contributed by atoms with van der Waals surface area (Å²) in [5.74, 6) is 0.820. The van der Waals surface area contributed by atoms with Gasteiger partial charge in [-0.15, -0.1) is 0 Å². The summed E-state index contributed by atoms with van der Waals surface area (Å²) in [4.78, 5) is 11.9. The van der Waals surface area contributed by atoms with Gasteiger partial charge in [-0.05, 0) is 37.0 Å². The summed E-state index contributed by atoms with van der Waals surface area (Å²) in [5, 5.41) is 3.06. The van der Waals surface area contributed by atoms with E-state index in [0.29, 0.717) is 18.4 Å². The first-order valence-corrected chi connectivity index (χ1v) is 7.94. The van der Waals surface area contributed by atoms with Gasteiger partial charge < -0.3 is 15.8 Å². The lowest BCUT2D eigenvalue weighted by atomic mass is 9.83. The molecule has 4 heteroatoms. The van der Waals surface area contributed by atoms with Crippen LogP contribution in [0.2, 0.25) is 0 Å². The molecule has 0 aromatic carbocycles. The molecule has 3 N–H and O–H groups in total. The minimum Gasteiger partial charge on any atom is -0.385 e. The first kappa shape index (κ1) is 17.4. The molecule has 0 aromatic rings. The van der Waals surface area contributed by atoms with E-state index in [-0.39, 0.29) is 11.3 Å². The highest BCUT2D eigenvalue weighted by Gasteiger charge is 2.21. The molecule has 2 unspecified atom stereocenters. The Morgan fingerprint density at radius 1 is 1.40 bits per heavy atom. The van der Waals surface area contributed by atoms with Crippen LogP contribution in [0.25, 0.3) is 0 Å². The third-order valence-electron chi connectivity index (χ3n) is 4.35. The molecule has 20 heavy (non-hydrogen) atoms. The molecule has 118 valence electrons. The van der Waals surface area contributed by atoms with Crippen molar-refractivity contribution >= 4 is 5.91 Å². The minimum absolute atomic E-state index is 0.0961. The fraction of sp³-hybridized carbons (Fsp3) is 0.938. The van der Waals surface area contributed by atoms with Crippen molar-refractivity contribution in [3.8, 4) is 0 Å². The third kappa shape index (κ3) is 7.25. The molecule has 1 rings (SSSR count). The van der Waals surface area contributed by atoms with Crippen molar-refractivity contribution in [1.82, 2.24) is 5.32 Å². The van der Waals surface area contributed by atoms with Crippen molar-refractivity contribution in [2.75, 3.05) is 20.3 Å². The minimum atomic E-state index is 0.0961. The Bertz CT molecular complexity index is 292. The van der Waals surface area contributed by atoms with Gasteiger partial charge in [0.15, 0.2) is 0 Å². The Labute approximate surface area is 123 Å². The predicted molar refractivity (Wildman–Crippen MR) is 82.5 cm³/mol. The standard InChI is InChI=1S/C16H32N2O2/c1-16(2,9-10-20-3)12-18-15(19)8-7-13-5-4-6-14(17)11-13/h13-14H,4-12,17H2,1-3H3,(H,18,19). The van der Waals surface area contributed by atoms with E-state index in [4.69, 9.17) is 10.5 Å². The van der Waals surface area contributed by atoms with Gasteiger partial charge in [-0.3, -0.25) is 4.79 Å². The van der Waals surface area contributed by atoms with Crippen LogP contribution in [0.5, 0.6) is 0 Å². The van der Waals surface area contributed by atoms with E-state index >= 15 is 0 Å². The summed E-state index contributed by atoms with van der Waals surface area (Å²) in [6.07, 6.45) is 7.28. The van der Waals surface area contributed by atoms with Gasteiger partial charge in [-0.1, -0.05) is 26.7 Å². The summed E-state index contributed by atoms with van der Waals surface area (Å²) in [6.45, 7) is 5.78. The third-order valence-corrected chi connectivity index (χ3v) is 4.35. The van der Waals surface area contributed by atoms with Crippen molar-refractivity contribution in [2.24, 2.45) is 17.1 Å². The number of methoxy groups -OCH3 is 1. The highest BCUT2D eigenvalue weighted by Crippen LogP contribution is 2.26. The molecule has 0 aromatic heterocycles. The zero-order valence-corrected chi connectivity index (χ0v) is 13.4. The normalized spacial score (nSPS) is 23.6. The van der Waals surface area contributed by atoms with Gasteiger partial charge in [-0.25, -0.2) is 0 Å². The number of nitrogens with two attached hydrogens (primary N) is 1. The zero-order valence-electron chi connectivity index (χ0n) is 13.4. The number of amides is 1. The van der Waals surface area contributed by atoms with Gasteiger partial charge in [0.25, 0.3) is 0 Å². The molecule has 0 radical (unpaired) electrons. The first-order chi connectivity index (χ1) is 9.43. The zero-order chi connectivity index (χ0) is 15.0. The van der Waals surface area contributed by atoms with Gasteiger partial charge in [0.2, 0.25) is 5.91 Å². The predicted octanol–water partition coefficient (Wildman–Crippen LogP) is 2.46. The van der Waals surface area contributed by atoms with Crippen molar-refractivity contribution in [1.29, 1.82) is 0 Å². The van der Waals surface area contributed by atoms with Crippen LogP contribution in [0.15, 0.2) is 0 Å². The van der Waals surface area contributed by atoms with Crippen LogP contribution in [-0.4, -0.2) is 32.2 Å². The number of carbonyl (C=O) groups is 1. The van der Waals surface area contributed by atoms with E-state index in [1.807, 2.05) is 0 Å². The molecular formula is C16H32N2O2. The van der Waals surface area contributed by atoms with Gasteiger partial charge in [0, 0.05) is 32.7 Å². The van der Waals surface area contributed by atoms with Crippen molar-refractivity contribution in [2.45, 2.75) is 64.8 Å². The number of hydrogen-bond donors (Lipinski definition) is 2. The second-order valence-electron chi connectivity index (χ2n) is 7.02. The number of nitrogens with one attached hydrogen (secondary N) is 1. The van der Waals surface area contributed by atoms with E-state index in [0.717, 1.165) is 38.8 Å². The topological polar surface area (TPSA) is 64.3 Å². The molecular weight excluding hydrogens is 252 g/mol. The maximum Gasteiger partial charge on any atom is 0.220 e. The van der Waals surface area contributed by atoms with Crippen LogP contribution in [0.1, 0.15) is 58.8 Å². The van der Waals surface area contributed by atoms with E-state index in [2.05, 4.69) is 19.2 Å². The maximum absolute atomic E-state index is 11.9. The average molecular weight is 284 g/mol. The smallest absolute Gasteiger partial charge is 0.220 e. The summed E-state index contributed by atoms with van der Waals surface area (Å²) in [7, 11) is 1.71. The Balaban J connectivity index is 2.16. The van der Waals surface area contributed by atoms with Crippen molar-refractivity contribution in [3.05, 3.63) is 0 Å². The van der Waals surface area contributed by atoms with Crippen LogP contribution < -0.4 is 11.1 Å². The lowest BCUT2D eigenvalue weighted by molar-refractivity contribution is -0.122.